The number of nitrogens with zero attached hydrogens (tertiary/aromatic N) is 1. The van der Waals surface area contributed by atoms with Crippen LogP contribution in [0.25, 0.3) is 15.7 Å². The topological polar surface area (TPSA) is 32.2 Å². The van der Waals surface area contributed by atoms with E-state index < -0.39 is 0 Å². The Balaban J connectivity index is 1.94. The monoisotopic (exact) mass is 267 g/mol. The van der Waals surface area contributed by atoms with Gasteiger partial charge in [0.05, 0.1) is 6.57 Å². The summed E-state index contributed by atoms with van der Waals surface area (Å²) < 4.78 is 0. The maximum Gasteiger partial charge on any atom is 0.187 e. The van der Waals surface area contributed by atoms with Crippen molar-refractivity contribution in [2.24, 2.45) is 5.92 Å². The Morgan fingerprint density at radius 1 is 1.40 bits per heavy atom. The van der Waals surface area contributed by atoms with Crippen LogP contribution in [0.3, 0.4) is 0 Å². The van der Waals surface area contributed by atoms with Crippen molar-refractivity contribution in [3.63, 3.8) is 0 Å². The van der Waals surface area contributed by atoms with Gasteiger partial charge < -0.3 is 10.3 Å². The van der Waals surface area contributed by atoms with Crippen LogP contribution in [0.5, 0.6) is 0 Å². The fourth-order valence-corrected chi connectivity index (χ4v) is 3.53. The summed E-state index contributed by atoms with van der Waals surface area (Å²) in [7, 11) is 0. The third-order valence-electron chi connectivity index (χ3n) is 4.54. The minimum Gasteiger partial charge on any atom is -0.361 e. The number of benzene rings is 1. The predicted molar refractivity (Wildman–Crippen MR) is 83.2 cm³/mol. The quantitative estimate of drug-likeness (QED) is 0.799. The lowest BCUT2D eigenvalue weighted by Crippen LogP contribution is -2.24. The molecule has 1 heterocycles. The summed E-state index contributed by atoms with van der Waals surface area (Å²) in [6.45, 7) is 11.5. The van der Waals surface area contributed by atoms with E-state index in [0.29, 0.717) is 5.92 Å². The van der Waals surface area contributed by atoms with Crippen LogP contribution in [0.15, 0.2) is 24.4 Å². The highest BCUT2D eigenvalue weighted by atomic mass is 14.8. The van der Waals surface area contributed by atoms with Crippen molar-refractivity contribution >= 4 is 16.6 Å². The van der Waals surface area contributed by atoms with Gasteiger partial charge in [0.2, 0.25) is 0 Å². The zero-order chi connectivity index (χ0) is 13.9. The molecule has 3 rings (SSSR count). The summed E-state index contributed by atoms with van der Waals surface area (Å²) >= 11 is 0. The van der Waals surface area contributed by atoms with Crippen LogP contribution in [0, 0.1) is 12.5 Å². The Morgan fingerprint density at radius 3 is 3.10 bits per heavy atom. The first-order valence-corrected chi connectivity index (χ1v) is 7.52. The van der Waals surface area contributed by atoms with E-state index in [1.165, 1.54) is 30.2 Å². The molecule has 2 aromatic rings. The second-order valence-electron chi connectivity index (χ2n) is 5.69. The maximum absolute atomic E-state index is 7.19. The van der Waals surface area contributed by atoms with Gasteiger partial charge in [-0.3, -0.25) is 0 Å². The van der Waals surface area contributed by atoms with E-state index in [4.69, 9.17) is 6.57 Å². The number of hydrogen-bond donors (Lipinski definition) is 2. The fourth-order valence-electron chi connectivity index (χ4n) is 3.53. The van der Waals surface area contributed by atoms with Crippen molar-refractivity contribution in [3.8, 4) is 0 Å². The molecule has 1 fully saturated rings. The number of hydrogen-bond acceptors (Lipinski definition) is 1. The van der Waals surface area contributed by atoms with E-state index in [-0.39, 0.29) is 0 Å². The summed E-state index contributed by atoms with van der Waals surface area (Å²) in [5.41, 5.74) is 3.30. The van der Waals surface area contributed by atoms with Crippen LogP contribution in [-0.4, -0.2) is 18.1 Å². The summed E-state index contributed by atoms with van der Waals surface area (Å²) in [5.74, 6) is 1.36. The molecular formula is C17H21N3. The molecule has 1 aliphatic carbocycles. The molecule has 2 N–H and O–H groups in total. The molecule has 0 aliphatic heterocycles. The van der Waals surface area contributed by atoms with Crippen molar-refractivity contribution in [2.75, 3.05) is 13.1 Å². The zero-order valence-electron chi connectivity index (χ0n) is 11.9. The van der Waals surface area contributed by atoms with Crippen LogP contribution in [0.4, 0.5) is 5.69 Å². The Labute approximate surface area is 120 Å². The van der Waals surface area contributed by atoms with Gasteiger partial charge in [-0.05, 0) is 60.8 Å². The molecule has 0 amide bonds. The van der Waals surface area contributed by atoms with Crippen molar-refractivity contribution in [3.05, 3.63) is 41.4 Å². The third kappa shape index (κ3) is 2.32. The lowest BCUT2D eigenvalue weighted by atomic mass is 9.88. The highest BCUT2D eigenvalue weighted by Crippen LogP contribution is 2.42. The molecule has 0 spiro atoms. The maximum atomic E-state index is 7.19. The number of nitrogens with one attached hydrogen (secondary N) is 2. The molecule has 20 heavy (non-hydrogen) atoms. The largest absolute Gasteiger partial charge is 0.361 e. The summed E-state index contributed by atoms with van der Waals surface area (Å²) in [6.07, 6.45) is 6.06. The first-order chi connectivity index (χ1) is 9.83. The van der Waals surface area contributed by atoms with Crippen LogP contribution < -0.4 is 5.32 Å². The van der Waals surface area contributed by atoms with Gasteiger partial charge in [0.25, 0.3) is 0 Å². The molecule has 0 saturated heterocycles. The van der Waals surface area contributed by atoms with Gasteiger partial charge in [-0.25, -0.2) is 4.85 Å². The van der Waals surface area contributed by atoms with Crippen LogP contribution in [0.1, 0.15) is 37.7 Å². The van der Waals surface area contributed by atoms with E-state index in [9.17, 15) is 0 Å². The third-order valence-corrected chi connectivity index (χ3v) is 4.54. The molecule has 3 nitrogen and oxygen atoms in total. The average Bonchev–Trinajstić information content (AvgIpc) is 3.10. The Hall–Kier alpha value is -1.79. The van der Waals surface area contributed by atoms with Crippen LogP contribution in [-0.2, 0) is 0 Å². The minimum absolute atomic E-state index is 0.629. The SMILES string of the molecule is [C-]#[N+]c1ccc2[nH]cc([C@H]3CCC[C@@H]3CNCC)c2c1. The predicted octanol–water partition coefficient (Wildman–Crippen LogP) is 4.21. The number of fused-ring (bicyclic) bond motifs is 1. The molecule has 0 unspecified atom stereocenters. The highest BCUT2D eigenvalue weighted by molar-refractivity contribution is 5.87. The zero-order valence-corrected chi connectivity index (χ0v) is 11.9. The minimum atomic E-state index is 0.629. The molecule has 0 bridgehead atoms. The van der Waals surface area contributed by atoms with E-state index in [1.54, 1.807) is 0 Å². The normalized spacial score (nSPS) is 22.2. The number of rotatable bonds is 4. The second-order valence-corrected chi connectivity index (χ2v) is 5.69. The van der Waals surface area contributed by atoms with Gasteiger partial charge in [0.15, 0.2) is 5.69 Å². The highest BCUT2D eigenvalue weighted by Gasteiger charge is 2.29. The standard InChI is InChI=1S/C17H21N3/c1-3-19-10-12-5-4-6-14(12)16-11-20-17-8-7-13(18-2)9-15(16)17/h7-9,11-12,14,19-20H,3-6,10H2,1H3/t12-,14+/m1/s1. The first kappa shape index (κ1) is 13.2. The first-order valence-electron chi connectivity index (χ1n) is 7.52. The Bertz CT molecular complexity index is 635. The van der Waals surface area contributed by atoms with Gasteiger partial charge >= 0.3 is 0 Å². The lowest BCUT2D eigenvalue weighted by molar-refractivity contribution is 0.452. The van der Waals surface area contributed by atoms with Crippen LogP contribution in [0.2, 0.25) is 0 Å². The lowest BCUT2D eigenvalue weighted by Gasteiger charge is -2.19. The number of aromatic amines is 1. The molecule has 3 heteroatoms. The number of aromatic nitrogens is 1. The van der Waals surface area contributed by atoms with Gasteiger partial charge in [-0.1, -0.05) is 19.4 Å². The van der Waals surface area contributed by atoms with Crippen molar-refractivity contribution in [1.29, 1.82) is 0 Å². The molecule has 2 atom stereocenters. The fraction of sp³-hybridized carbons (Fsp3) is 0.471. The number of H-pyrrole nitrogens is 1. The Morgan fingerprint density at radius 2 is 2.30 bits per heavy atom. The van der Waals surface area contributed by atoms with Gasteiger partial charge in [-0.2, -0.15) is 0 Å². The molecule has 104 valence electrons. The molecule has 1 saturated carbocycles. The van der Waals surface area contributed by atoms with Crippen molar-refractivity contribution < 1.29 is 0 Å². The van der Waals surface area contributed by atoms with Gasteiger partial charge in [-0.15, -0.1) is 0 Å². The molecule has 1 aromatic heterocycles. The molecule has 1 aliphatic rings. The molecule has 1 aromatic carbocycles. The molecular weight excluding hydrogens is 246 g/mol. The van der Waals surface area contributed by atoms with Crippen molar-refractivity contribution in [2.45, 2.75) is 32.1 Å². The molecule has 0 radical (unpaired) electrons. The average molecular weight is 267 g/mol. The van der Waals surface area contributed by atoms with Gasteiger partial charge in [0, 0.05) is 11.7 Å². The van der Waals surface area contributed by atoms with E-state index in [0.717, 1.165) is 30.2 Å². The summed E-state index contributed by atoms with van der Waals surface area (Å²) in [6, 6.07) is 5.96. The summed E-state index contributed by atoms with van der Waals surface area (Å²) in [4.78, 5) is 6.93. The second kappa shape index (κ2) is 5.68. The van der Waals surface area contributed by atoms with Gasteiger partial charge in [0.1, 0.15) is 0 Å². The van der Waals surface area contributed by atoms with E-state index >= 15 is 0 Å². The van der Waals surface area contributed by atoms with Crippen LogP contribution >= 0.6 is 0 Å². The van der Waals surface area contributed by atoms with E-state index in [2.05, 4.69) is 28.3 Å². The van der Waals surface area contributed by atoms with Crippen molar-refractivity contribution in [1.82, 2.24) is 10.3 Å². The van der Waals surface area contributed by atoms with E-state index in [1.807, 2.05) is 18.2 Å². The summed E-state index contributed by atoms with van der Waals surface area (Å²) in [5, 5.41) is 4.74. The Kier molecular flexibility index (Phi) is 3.75. The smallest absolute Gasteiger partial charge is 0.187 e.